The van der Waals surface area contributed by atoms with Gasteiger partial charge < -0.3 is 38.7 Å². The molecule has 0 radical (unpaired) electrons. The molecule has 2 N–H and O–H groups in total. The highest BCUT2D eigenvalue weighted by Gasteiger charge is 2.82. The minimum Gasteiger partial charge on any atom is -0.496 e. The van der Waals surface area contributed by atoms with E-state index in [1.165, 1.54) is 21.1 Å². The molecule has 0 unspecified atom stereocenters. The van der Waals surface area contributed by atoms with Gasteiger partial charge in [-0.1, -0.05) is 44.2 Å². The number of H-pyrrole nitrogens is 1. The summed E-state index contributed by atoms with van der Waals surface area (Å²) in [5, 5.41) is 14.5. The molecule has 11 atom stereocenters. The molecule has 2 aromatic carbocycles. The minimum absolute atomic E-state index is 0.300. The molecule has 13 nitrogen and oxygen atoms in total. The zero-order valence-corrected chi connectivity index (χ0v) is 35.6. The SMILES string of the molecule is CC[C@@]12C[C@H]3CN4CCc5c([nH]c6ccccc56)[C@@](C(=O)OC)(c5cc6c(cc5OC)N(C)[C@H]5[C@@](O)(C(=O)OC)[C@H](OC(C)=O)[C@]7(CC)C=CCN8CC[C@@]65[C@@H]87)[C@H](O1)[C@]34C2. The topological polar surface area (TPSA) is 143 Å². The van der Waals surface area contributed by atoms with Gasteiger partial charge in [-0.15, -0.1) is 0 Å². The predicted molar refractivity (Wildman–Crippen MR) is 221 cm³/mol. The highest BCUT2D eigenvalue weighted by atomic mass is 16.6. The number of nitrogens with zero attached hydrogens (tertiary/aromatic N) is 3. The molecule has 5 fully saturated rings. The first-order valence-corrected chi connectivity index (χ1v) is 21.8. The Morgan fingerprint density at radius 3 is 2.50 bits per heavy atom. The van der Waals surface area contributed by atoms with Gasteiger partial charge in [0.15, 0.2) is 11.5 Å². The summed E-state index contributed by atoms with van der Waals surface area (Å²) >= 11 is 0. The van der Waals surface area contributed by atoms with Gasteiger partial charge in [0.2, 0.25) is 5.60 Å². The summed E-state index contributed by atoms with van der Waals surface area (Å²) in [6, 6.07) is 11.2. The first-order valence-electron chi connectivity index (χ1n) is 21.8. The monoisotopic (exact) mass is 820 g/mol. The minimum atomic E-state index is -2.30. The van der Waals surface area contributed by atoms with Gasteiger partial charge in [0, 0.05) is 84.4 Å². The van der Waals surface area contributed by atoms with Gasteiger partial charge in [-0.3, -0.25) is 19.4 Å². The van der Waals surface area contributed by atoms with Gasteiger partial charge in [-0.25, -0.2) is 4.79 Å². The number of aromatic nitrogens is 1. The smallest absolute Gasteiger partial charge is 0.344 e. The number of hydrogen-bond acceptors (Lipinski definition) is 12. The average Bonchev–Trinajstić information content (AvgIpc) is 4.04. The molecule has 11 rings (SSSR count). The Labute approximate surface area is 350 Å². The molecule has 2 bridgehead atoms. The molecular weight excluding hydrogens is 765 g/mol. The lowest BCUT2D eigenvalue weighted by Gasteiger charge is -2.63. The second kappa shape index (κ2) is 12.4. The Hall–Kier alpha value is -4.43. The van der Waals surface area contributed by atoms with Crippen LogP contribution in [-0.2, 0) is 50.6 Å². The van der Waals surface area contributed by atoms with Crippen molar-refractivity contribution < 1.29 is 43.2 Å². The Morgan fingerprint density at radius 1 is 1.00 bits per heavy atom. The molecule has 13 heteroatoms. The van der Waals surface area contributed by atoms with E-state index in [0.717, 1.165) is 72.2 Å². The van der Waals surface area contributed by atoms with E-state index in [4.69, 9.17) is 23.7 Å². The fourth-order valence-corrected chi connectivity index (χ4v) is 15.3. The molecule has 0 amide bonds. The molecule has 2 saturated carbocycles. The van der Waals surface area contributed by atoms with Gasteiger partial charge >= 0.3 is 17.9 Å². The fourth-order valence-electron chi connectivity index (χ4n) is 15.3. The van der Waals surface area contributed by atoms with E-state index in [1.807, 2.05) is 37.1 Å². The third kappa shape index (κ3) is 4.08. The third-order valence-corrected chi connectivity index (χ3v) is 17.3. The van der Waals surface area contributed by atoms with Crippen LogP contribution in [0.2, 0.25) is 0 Å². The molecule has 8 aliphatic rings. The number of carbonyl (C=O) groups is 3. The average molecular weight is 821 g/mol. The number of rotatable bonds is 7. The number of esters is 3. The zero-order valence-electron chi connectivity index (χ0n) is 35.6. The predicted octanol–water partition coefficient (Wildman–Crippen LogP) is 4.15. The molecule has 318 valence electrons. The molecule has 2 spiro atoms. The van der Waals surface area contributed by atoms with Crippen molar-refractivity contribution in [3.05, 3.63) is 70.9 Å². The lowest BCUT2D eigenvalue weighted by atomic mass is 9.47. The maximum atomic E-state index is 15.7. The summed E-state index contributed by atoms with van der Waals surface area (Å²) in [6.45, 7) is 8.67. The quantitative estimate of drug-likeness (QED) is 0.201. The number of anilines is 1. The van der Waals surface area contributed by atoms with Crippen LogP contribution in [0.25, 0.3) is 10.9 Å². The number of likely N-dealkylation sites (N-methyl/N-ethyl adjacent to an activating group) is 1. The summed E-state index contributed by atoms with van der Waals surface area (Å²) in [5.41, 5.74) is -1.48. The number of nitrogens with one attached hydrogen (secondary N) is 1. The summed E-state index contributed by atoms with van der Waals surface area (Å²) in [7, 11) is 6.25. The van der Waals surface area contributed by atoms with Crippen molar-refractivity contribution in [1.82, 2.24) is 14.8 Å². The number of para-hydroxylation sites is 1. The number of aliphatic hydroxyl groups is 1. The van der Waals surface area contributed by atoms with E-state index >= 15 is 4.79 Å². The summed E-state index contributed by atoms with van der Waals surface area (Å²) < 4.78 is 31.8. The van der Waals surface area contributed by atoms with Crippen LogP contribution in [-0.4, -0.2) is 133 Å². The van der Waals surface area contributed by atoms with Crippen LogP contribution in [0.1, 0.15) is 75.3 Å². The van der Waals surface area contributed by atoms with Gasteiger partial charge in [-0.2, -0.15) is 0 Å². The number of aromatic amines is 1. The Kier molecular flexibility index (Phi) is 7.93. The van der Waals surface area contributed by atoms with Crippen molar-refractivity contribution in [2.75, 3.05) is 59.5 Å². The molecule has 6 aliphatic heterocycles. The lowest BCUT2D eigenvalue weighted by molar-refractivity contribution is -0.228. The Morgan fingerprint density at radius 2 is 1.78 bits per heavy atom. The van der Waals surface area contributed by atoms with Gasteiger partial charge in [-0.05, 0) is 74.2 Å². The number of hydrogen-bond donors (Lipinski definition) is 2. The Balaban J connectivity index is 1.25. The highest BCUT2D eigenvalue weighted by Crippen LogP contribution is 2.71. The van der Waals surface area contributed by atoms with Crippen molar-refractivity contribution in [1.29, 1.82) is 0 Å². The van der Waals surface area contributed by atoms with Crippen LogP contribution in [0.5, 0.6) is 5.75 Å². The van der Waals surface area contributed by atoms with Crippen LogP contribution in [0.15, 0.2) is 48.6 Å². The van der Waals surface area contributed by atoms with E-state index in [1.54, 1.807) is 7.11 Å². The molecular formula is C47H56N4O9. The van der Waals surface area contributed by atoms with E-state index in [0.29, 0.717) is 43.2 Å². The molecule has 1 aromatic heterocycles. The molecule has 3 saturated heterocycles. The van der Waals surface area contributed by atoms with Crippen molar-refractivity contribution in [3.8, 4) is 5.75 Å². The van der Waals surface area contributed by atoms with Crippen LogP contribution in [0.4, 0.5) is 5.69 Å². The summed E-state index contributed by atoms with van der Waals surface area (Å²) in [5.74, 6) is -1.07. The highest BCUT2D eigenvalue weighted by molar-refractivity contribution is 5.96. The fraction of sp³-hybridized carbons (Fsp3) is 0.596. The third-order valence-electron chi connectivity index (χ3n) is 17.3. The van der Waals surface area contributed by atoms with E-state index in [2.05, 4.69) is 52.1 Å². The largest absolute Gasteiger partial charge is 0.496 e. The molecule has 2 aliphatic carbocycles. The summed E-state index contributed by atoms with van der Waals surface area (Å²) in [4.78, 5) is 54.1. The lowest BCUT2D eigenvalue weighted by Crippen LogP contribution is -2.81. The second-order valence-corrected chi connectivity index (χ2v) is 19.1. The maximum Gasteiger partial charge on any atom is 0.344 e. The van der Waals surface area contributed by atoms with Gasteiger partial charge in [0.1, 0.15) is 11.9 Å². The first-order chi connectivity index (χ1) is 28.8. The number of benzene rings is 2. The van der Waals surface area contributed by atoms with Crippen LogP contribution < -0.4 is 9.64 Å². The summed E-state index contributed by atoms with van der Waals surface area (Å²) in [6.07, 6.45) is 6.64. The molecule has 3 aromatic rings. The van der Waals surface area contributed by atoms with Crippen LogP contribution in [0, 0.1) is 11.3 Å². The van der Waals surface area contributed by atoms with Crippen molar-refractivity contribution >= 4 is 34.5 Å². The normalized spacial score (nSPS) is 40.4. The van der Waals surface area contributed by atoms with E-state index < -0.39 is 69.1 Å². The van der Waals surface area contributed by atoms with Crippen LogP contribution in [0.3, 0.4) is 0 Å². The molecule has 7 heterocycles. The second-order valence-electron chi connectivity index (χ2n) is 19.1. The van der Waals surface area contributed by atoms with Gasteiger partial charge in [0.05, 0.1) is 38.5 Å². The van der Waals surface area contributed by atoms with E-state index in [-0.39, 0.29) is 6.04 Å². The maximum absolute atomic E-state index is 15.7. The van der Waals surface area contributed by atoms with E-state index in [9.17, 15) is 14.7 Å². The molecule has 60 heavy (non-hydrogen) atoms. The number of ether oxygens (including phenoxy) is 5. The number of carbonyl (C=O) groups excluding carboxylic acids is 3. The first kappa shape index (κ1) is 38.5. The van der Waals surface area contributed by atoms with Crippen molar-refractivity contribution in [2.45, 2.75) is 111 Å². The standard InChI is InChI=1S/C47H56N4O9/c1-8-42-23-27-24-51-19-15-29-28-13-10-11-14-32(28)48-35(29)46(40(53)57-6,39(60-42)45(27,51)25-42)31-21-30-33(22-34(31)56-5)49(4)37-44(30)17-20-50-18-12-16-43(9-2,36(44)50)38(59-26(3)52)47(37,55)41(54)58-7/h10-14,16,21-22,27,36-39,48,55H,8-9,15,17-20,23-25H2,1-7H3/t27-,36-,37+,38+,39+,42-,43+,44-,45-,46-,47-/m0/s1. The van der Waals surface area contributed by atoms with Gasteiger partial charge in [0.25, 0.3) is 0 Å². The van der Waals surface area contributed by atoms with Crippen molar-refractivity contribution in [2.24, 2.45) is 11.3 Å². The van der Waals surface area contributed by atoms with Crippen LogP contribution >= 0.6 is 0 Å². The van der Waals surface area contributed by atoms with Crippen molar-refractivity contribution in [3.63, 3.8) is 0 Å². The Bertz CT molecular complexity index is 2420. The number of methoxy groups -OCH3 is 3. The zero-order chi connectivity index (χ0) is 41.9. The number of fused-ring (bicyclic) bond motifs is 5.